The van der Waals surface area contributed by atoms with Crippen molar-refractivity contribution in [3.8, 4) is 17.0 Å². The topological polar surface area (TPSA) is 102 Å². The summed E-state index contributed by atoms with van der Waals surface area (Å²) in [4.78, 5) is 20.2. The van der Waals surface area contributed by atoms with Crippen LogP contribution in [0.2, 0.25) is 0 Å². The van der Waals surface area contributed by atoms with Crippen molar-refractivity contribution in [2.45, 2.75) is 6.42 Å². The monoisotopic (exact) mass is 363 g/mol. The van der Waals surface area contributed by atoms with E-state index in [1.165, 1.54) is 6.33 Å². The van der Waals surface area contributed by atoms with Gasteiger partial charge in [0.05, 0.1) is 12.8 Å². The third kappa shape index (κ3) is 4.80. The number of aromatic nitrogens is 2. The Hall–Kier alpha value is -3.45. The highest BCUT2D eigenvalue weighted by molar-refractivity contribution is 5.91. The summed E-state index contributed by atoms with van der Waals surface area (Å²) in [5.41, 5.74) is 8.59. The standard InChI is InChI=1S/C20H21N5O2/c1-27-18-5-3-2-4-16(18)17-12-19(23-13-22-17)24-14-6-8-15(9-7-14)25-20(26)10-11-21/h2-9,12-13H,10-11,21H2,1H3,(H,25,26)(H,22,23,24). The lowest BCUT2D eigenvalue weighted by atomic mass is 10.1. The van der Waals surface area contributed by atoms with Crippen LogP contribution in [0.1, 0.15) is 6.42 Å². The van der Waals surface area contributed by atoms with Gasteiger partial charge in [-0.2, -0.15) is 0 Å². The SMILES string of the molecule is COc1ccccc1-c1cc(Nc2ccc(NC(=O)CCN)cc2)ncn1. The molecule has 1 heterocycles. The van der Waals surface area contributed by atoms with Gasteiger partial charge in [-0.25, -0.2) is 9.97 Å². The van der Waals surface area contributed by atoms with E-state index in [4.69, 9.17) is 10.5 Å². The van der Waals surface area contributed by atoms with Gasteiger partial charge in [-0.05, 0) is 36.4 Å². The van der Waals surface area contributed by atoms with Crippen LogP contribution in [0.25, 0.3) is 11.3 Å². The third-order valence-corrected chi connectivity index (χ3v) is 3.86. The maximum atomic E-state index is 11.6. The lowest BCUT2D eigenvalue weighted by Crippen LogP contribution is -2.16. The van der Waals surface area contributed by atoms with Crippen LogP contribution in [0.4, 0.5) is 17.2 Å². The van der Waals surface area contributed by atoms with Gasteiger partial charge in [0.1, 0.15) is 17.9 Å². The second kappa shape index (κ2) is 8.77. The maximum Gasteiger partial charge on any atom is 0.225 e. The number of hydrogen-bond donors (Lipinski definition) is 3. The fraction of sp³-hybridized carbons (Fsp3) is 0.150. The van der Waals surface area contributed by atoms with Crippen molar-refractivity contribution in [3.05, 3.63) is 60.9 Å². The molecule has 1 amide bonds. The highest BCUT2D eigenvalue weighted by Crippen LogP contribution is 2.29. The molecular formula is C20H21N5O2. The fourth-order valence-corrected chi connectivity index (χ4v) is 2.57. The Morgan fingerprint density at radius 3 is 2.56 bits per heavy atom. The molecule has 0 aliphatic heterocycles. The molecule has 0 atom stereocenters. The summed E-state index contributed by atoms with van der Waals surface area (Å²) in [6.45, 7) is 0.327. The Balaban J connectivity index is 1.74. The smallest absolute Gasteiger partial charge is 0.225 e. The number of rotatable bonds is 7. The number of carbonyl (C=O) groups is 1. The summed E-state index contributed by atoms with van der Waals surface area (Å²) in [7, 11) is 1.63. The number of anilines is 3. The number of nitrogens with zero attached hydrogens (tertiary/aromatic N) is 2. The molecule has 27 heavy (non-hydrogen) atoms. The lowest BCUT2D eigenvalue weighted by molar-refractivity contribution is -0.116. The summed E-state index contributed by atoms with van der Waals surface area (Å²) in [6.07, 6.45) is 1.80. The van der Waals surface area contributed by atoms with Crippen molar-refractivity contribution in [1.29, 1.82) is 0 Å². The normalized spacial score (nSPS) is 10.3. The quantitative estimate of drug-likeness (QED) is 0.596. The van der Waals surface area contributed by atoms with Gasteiger partial charge < -0.3 is 21.1 Å². The van der Waals surface area contributed by atoms with Gasteiger partial charge in [-0.1, -0.05) is 12.1 Å². The van der Waals surface area contributed by atoms with Gasteiger partial charge in [0.25, 0.3) is 0 Å². The number of amides is 1. The highest BCUT2D eigenvalue weighted by Gasteiger charge is 2.08. The Bertz CT molecular complexity index is 912. The zero-order valence-electron chi connectivity index (χ0n) is 15.0. The van der Waals surface area contributed by atoms with E-state index in [0.717, 1.165) is 28.4 Å². The van der Waals surface area contributed by atoms with Gasteiger partial charge in [0.2, 0.25) is 5.91 Å². The average molecular weight is 363 g/mol. The molecule has 0 saturated carbocycles. The largest absolute Gasteiger partial charge is 0.496 e. The molecule has 0 unspecified atom stereocenters. The van der Waals surface area contributed by atoms with E-state index in [1.807, 2.05) is 54.6 Å². The van der Waals surface area contributed by atoms with Crippen molar-refractivity contribution >= 4 is 23.1 Å². The summed E-state index contributed by atoms with van der Waals surface area (Å²) in [6, 6.07) is 16.9. The highest BCUT2D eigenvalue weighted by atomic mass is 16.5. The van der Waals surface area contributed by atoms with Gasteiger partial charge >= 0.3 is 0 Å². The molecule has 7 nitrogen and oxygen atoms in total. The molecule has 0 bridgehead atoms. The second-order valence-electron chi connectivity index (χ2n) is 5.78. The Kier molecular flexibility index (Phi) is 5.96. The lowest BCUT2D eigenvalue weighted by Gasteiger charge is -2.10. The summed E-state index contributed by atoms with van der Waals surface area (Å²) < 4.78 is 5.40. The molecule has 7 heteroatoms. The van der Waals surface area contributed by atoms with Crippen molar-refractivity contribution in [3.63, 3.8) is 0 Å². The molecule has 0 fully saturated rings. The van der Waals surface area contributed by atoms with Crippen LogP contribution < -0.4 is 21.1 Å². The van der Waals surface area contributed by atoms with E-state index in [1.54, 1.807) is 7.11 Å². The number of hydrogen-bond acceptors (Lipinski definition) is 6. The van der Waals surface area contributed by atoms with E-state index in [9.17, 15) is 4.79 Å². The first-order valence-corrected chi connectivity index (χ1v) is 8.52. The van der Waals surface area contributed by atoms with Gasteiger partial charge in [0.15, 0.2) is 0 Å². The molecule has 1 aromatic heterocycles. The number of nitrogens with two attached hydrogens (primary N) is 1. The minimum atomic E-state index is -0.101. The summed E-state index contributed by atoms with van der Waals surface area (Å²) in [5, 5.41) is 6.02. The van der Waals surface area contributed by atoms with Gasteiger partial charge in [-0.3, -0.25) is 4.79 Å². The number of nitrogens with one attached hydrogen (secondary N) is 2. The van der Waals surface area contributed by atoms with E-state index >= 15 is 0 Å². The van der Waals surface area contributed by atoms with Crippen LogP contribution in [-0.2, 0) is 4.79 Å². The minimum absolute atomic E-state index is 0.101. The Morgan fingerprint density at radius 2 is 1.81 bits per heavy atom. The first-order valence-electron chi connectivity index (χ1n) is 8.52. The summed E-state index contributed by atoms with van der Waals surface area (Å²) in [5.74, 6) is 1.31. The summed E-state index contributed by atoms with van der Waals surface area (Å²) >= 11 is 0. The number of methoxy groups -OCH3 is 1. The van der Waals surface area contributed by atoms with Crippen molar-refractivity contribution in [1.82, 2.24) is 9.97 Å². The van der Waals surface area contributed by atoms with Crippen LogP contribution in [0, 0.1) is 0 Å². The Labute approximate surface area is 157 Å². The molecule has 2 aromatic carbocycles. The Morgan fingerprint density at radius 1 is 1.07 bits per heavy atom. The van der Waals surface area contributed by atoms with Gasteiger partial charge in [0, 0.05) is 36.0 Å². The number of carbonyl (C=O) groups excluding carboxylic acids is 1. The first-order chi connectivity index (χ1) is 13.2. The fourth-order valence-electron chi connectivity index (χ4n) is 2.57. The average Bonchev–Trinajstić information content (AvgIpc) is 2.70. The molecule has 3 rings (SSSR count). The minimum Gasteiger partial charge on any atom is -0.496 e. The van der Waals surface area contributed by atoms with Crippen molar-refractivity contribution < 1.29 is 9.53 Å². The molecule has 138 valence electrons. The molecule has 3 aromatic rings. The number of ether oxygens (including phenoxy) is 1. The molecule has 0 saturated heterocycles. The van der Waals surface area contributed by atoms with Crippen LogP contribution in [0.15, 0.2) is 60.9 Å². The molecule has 0 aliphatic carbocycles. The van der Waals surface area contributed by atoms with E-state index < -0.39 is 0 Å². The molecule has 0 radical (unpaired) electrons. The zero-order chi connectivity index (χ0) is 19.1. The number of para-hydroxylation sites is 1. The van der Waals surface area contributed by atoms with Crippen LogP contribution in [0.3, 0.4) is 0 Å². The van der Waals surface area contributed by atoms with Crippen LogP contribution in [-0.4, -0.2) is 29.5 Å². The number of benzene rings is 2. The molecular weight excluding hydrogens is 342 g/mol. The van der Waals surface area contributed by atoms with Crippen LogP contribution >= 0.6 is 0 Å². The van der Waals surface area contributed by atoms with E-state index in [2.05, 4.69) is 20.6 Å². The predicted molar refractivity (Wildman–Crippen MR) is 106 cm³/mol. The molecule has 0 aliphatic rings. The van der Waals surface area contributed by atoms with Crippen molar-refractivity contribution in [2.24, 2.45) is 5.73 Å². The predicted octanol–water partition coefficient (Wildman–Crippen LogP) is 3.18. The second-order valence-corrected chi connectivity index (χ2v) is 5.78. The molecule has 0 spiro atoms. The molecule has 4 N–H and O–H groups in total. The zero-order valence-corrected chi connectivity index (χ0v) is 15.0. The van der Waals surface area contributed by atoms with E-state index in [0.29, 0.717) is 18.8 Å². The van der Waals surface area contributed by atoms with Gasteiger partial charge in [-0.15, -0.1) is 0 Å². The van der Waals surface area contributed by atoms with E-state index in [-0.39, 0.29) is 5.91 Å². The van der Waals surface area contributed by atoms with Crippen molar-refractivity contribution in [2.75, 3.05) is 24.3 Å². The first kappa shape index (κ1) is 18.3. The maximum absolute atomic E-state index is 11.6. The van der Waals surface area contributed by atoms with Crippen LogP contribution in [0.5, 0.6) is 5.75 Å². The third-order valence-electron chi connectivity index (χ3n) is 3.86.